The molecule has 1 unspecified atom stereocenters. The second-order valence-corrected chi connectivity index (χ2v) is 6.57. The number of hydrogen-bond acceptors (Lipinski definition) is 6. The fraction of sp³-hybridized carbons (Fsp3) is 0.294. The second kappa shape index (κ2) is 7.16. The molecule has 27 heavy (non-hydrogen) atoms. The lowest BCUT2D eigenvalue weighted by Crippen LogP contribution is -2.46. The van der Waals surface area contributed by atoms with Crippen LogP contribution in [0.5, 0.6) is 0 Å². The molecule has 142 valence electrons. The molecule has 1 aliphatic heterocycles. The van der Waals surface area contributed by atoms with Crippen LogP contribution in [0.15, 0.2) is 30.3 Å². The van der Waals surface area contributed by atoms with Crippen LogP contribution in [0.3, 0.4) is 0 Å². The minimum Gasteiger partial charge on any atom is -0.382 e. The number of carbonyl (C=O) groups is 2. The van der Waals surface area contributed by atoms with Crippen molar-refractivity contribution < 1.29 is 18.4 Å². The molecule has 2 aromatic rings. The van der Waals surface area contributed by atoms with E-state index in [9.17, 15) is 18.4 Å². The van der Waals surface area contributed by atoms with Gasteiger partial charge in [0.15, 0.2) is 5.15 Å². The lowest BCUT2D eigenvalue weighted by Gasteiger charge is -2.24. The number of nitrogen functional groups attached to an aromatic ring is 1. The molecule has 2 amide bonds. The number of anilines is 1. The molecule has 0 saturated carbocycles. The standard InChI is InChI=1S/C17H16ClF2N5O2/c1-9(12-6-13(21)23-24-14(12)18)22-7-17(19,20)8-25-15(26)10-4-2-3-5-11(10)16(25)27/h2-6,9,22H,7-8H2,1H3,(H2,21,23). The zero-order valence-electron chi connectivity index (χ0n) is 14.2. The van der Waals surface area contributed by atoms with Gasteiger partial charge in [0.2, 0.25) is 0 Å². The summed E-state index contributed by atoms with van der Waals surface area (Å²) in [5, 5.41) is 9.88. The molecule has 0 aliphatic carbocycles. The molecule has 0 bridgehead atoms. The molecule has 2 heterocycles. The third kappa shape index (κ3) is 3.88. The average Bonchev–Trinajstić information content (AvgIpc) is 2.87. The van der Waals surface area contributed by atoms with Crippen LogP contribution >= 0.6 is 11.6 Å². The number of benzene rings is 1. The van der Waals surface area contributed by atoms with Crippen LogP contribution in [0.2, 0.25) is 5.15 Å². The van der Waals surface area contributed by atoms with Gasteiger partial charge in [0.1, 0.15) is 5.82 Å². The van der Waals surface area contributed by atoms with Crippen molar-refractivity contribution in [2.24, 2.45) is 0 Å². The van der Waals surface area contributed by atoms with Crippen molar-refractivity contribution in [3.05, 3.63) is 52.2 Å². The third-order valence-corrected chi connectivity index (χ3v) is 4.49. The van der Waals surface area contributed by atoms with Gasteiger partial charge in [-0.05, 0) is 25.1 Å². The first-order valence-corrected chi connectivity index (χ1v) is 8.42. The topological polar surface area (TPSA) is 101 Å². The zero-order valence-corrected chi connectivity index (χ0v) is 15.0. The Kier molecular flexibility index (Phi) is 5.07. The van der Waals surface area contributed by atoms with Crippen molar-refractivity contribution in [3.63, 3.8) is 0 Å². The lowest BCUT2D eigenvalue weighted by atomic mass is 10.1. The Morgan fingerprint density at radius 3 is 2.41 bits per heavy atom. The van der Waals surface area contributed by atoms with Crippen LogP contribution in [0.25, 0.3) is 0 Å². The monoisotopic (exact) mass is 395 g/mol. The van der Waals surface area contributed by atoms with Gasteiger partial charge >= 0.3 is 0 Å². The van der Waals surface area contributed by atoms with Gasteiger partial charge in [0, 0.05) is 11.6 Å². The van der Waals surface area contributed by atoms with E-state index in [2.05, 4.69) is 15.5 Å². The average molecular weight is 396 g/mol. The number of rotatable bonds is 6. The summed E-state index contributed by atoms with van der Waals surface area (Å²) in [4.78, 5) is 25.0. The van der Waals surface area contributed by atoms with E-state index in [0.29, 0.717) is 10.5 Å². The molecule has 0 radical (unpaired) electrons. The molecule has 3 rings (SSSR count). The van der Waals surface area contributed by atoms with Crippen molar-refractivity contribution in [1.82, 2.24) is 20.4 Å². The summed E-state index contributed by atoms with van der Waals surface area (Å²) in [5.74, 6) is -4.68. The molecule has 0 saturated heterocycles. The Hall–Kier alpha value is -2.65. The molecule has 1 aliphatic rings. The molecule has 0 fully saturated rings. The maximum absolute atomic E-state index is 14.4. The number of carbonyl (C=O) groups excluding carboxylic acids is 2. The minimum atomic E-state index is -3.35. The SMILES string of the molecule is CC(NCC(F)(F)CN1C(=O)c2ccccc2C1=O)c1cc(N)nnc1Cl. The number of alkyl halides is 2. The van der Waals surface area contributed by atoms with Crippen molar-refractivity contribution in [2.75, 3.05) is 18.8 Å². The van der Waals surface area contributed by atoms with E-state index in [0.717, 1.165) is 0 Å². The van der Waals surface area contributed by atoms with Crippen LogP contribution in [-0.4, -0.2) is 45.9 Å². The first kappa shape index (κ1) is 19.1. The highest BCUT2D eigenvalue weighted by atomic mass is 35.5. The van der Waals surface area contributed by atoms with Crippen LogP contribution in [-0.2, 0) is 0 Å². The van der Waals surface area contributed by atoms with E-state index in [1.165, 1.54) is 18.2 Å². The predicted molar refractivity (Wildman–Crippen MR) is 94.6 cm³/mol. The van der Waals surface area contributed by atoms with Gasteiger partial charge in [-0.3, -0.25) is 14.5 Å². The number of imide groups is 1. The van der Waals surface area contributed by atoms with Crippen LogP contribution in [0, 0.1) is 0 Å². The largest absolute Gasteiger partial charge is 0.382 e. The molecule has 1 aromatic carbocycles. The molecule has 7 nitrogen and oxygen atoms in total. The maximum atomic E-state index is 14.4. The lowest BCUT2D eigenvalue weighted by molar-refractivity contribution is -0.0227. The fourth-order valence-electron chi connectivity index (χ4n) is 2.79. The summed E-state index contributed by atoms with van der Waals surface area (Å²) < 4.78 is 28.8. The summed E-state index contributed by atoms with van der Waals surface area (Å²) in [6, 6.07) is 6.88. The number of hydrogen-bond donors (Lipinski definition) is 2. The first-order valence-electron chi connectivity index (χ1n) is 8.04. The number of nitrogens with one attached hydrogen (secondary N) is 1. The van der Waals surface area contributed by atoms with Gasteiger partial charge in [0.25, 0.3) is 17.7 Å². The molecule has 10 heteroatoms. The van der Waals surface area contributed by atoms with E-state index in [4.69, 9.17) is 17.3 Å². The quantitative estimate of drug-likeness (QED) is 0.728. The van der Waals surface area contributed by atoms with E-state index >= 15 is 0 Å². The van der Waals surface area contributed by atoms with Crippen molar-refractivity contribution in [1.29, 1.82) is 0 Å². The van der Waals surface area contributed by atoms with Crippen molar-refractivity contribution in [2.45, 2.75) is 18.9 Å². The number of nitrogens with zero attached hydrogens (tertiary/aromatic N) is 3. The van der Waals surface area contributed by atoms with E-state index in [1.807, 2.05) is 0 Å². The smallest absolute Gasteiger partial charge is 0.278 e. The fourth-order valence-corrected chi connectivity index (χ4v) is 3.05. The number of halogens is 3. The summed E-state index contributed by atoms with van der Waals surface area (Å²) in [7, 11) is 0. The van der Waals surface area contributed by atoms with Gasteiger partial charge in [-0.2, -0.15) is 0 Å². The van der Waals surface area contributed by atoms with Crippen molar-refractivity contribution >= 4 is 29.2 Å². The van der Waals surface area contributed by atoms with E-state index in [-0.39, 0.29) is 22.1 Å². The number of fused-ring (bicyclic) bond motifs is 1. The van der Waals surface area contributed by atoms with Crippen LogP contribution in [0.1, 0.15) is 39.2 Å². The maximum Gasteiger partial charge on any atom is 0.278 e. The molecular weight excluding hydrogens is 380 g/mol. The van der Waals surface area contributed by atoms with Gasteiger partial charge < -0.3 is 11.1 Å². The normalized spacial score (nSPS) is 15.2. The highest BCUT2D eigenvalue weighted by molar-refractivity contribution is 6.30. The van der Waals surface area contributed by atoms with Gasteiger partial charge in [-0.1, -0.05) is 23.7 Å². The van der Waals surface area contributed by atoms with Gasteiger partial charge in [-0.15, -0.1) is 10.2 Å². The predicted octanol–water partition coefficient (Wildman–Crippen LogP) is 2.29. The number of nitrogens with two attached hydrogens (primary N) is 1. The second-order valence-electron chi connectivity index (χ2n) is 6.22. The summed E-state index contributed by atoms with van der Waals surface area (Å²) in [6.45, 7) is -0.190. The van der Waals surface area contributed by atoms with Crippen LogP contribution in [0.4, 0.5) is 14.6 Å². The summed E-state index contributed by atoms with van der Waals surface area (Å²) >= 11 is 5.91. The zero-order chi connectivity index (χ0) is 19.8. The molecule has 0 spiro atoms. The highest BCUT2D eigenvalue weighted by Crippen LogP contribution is 2.27. The Labute approximate surface area is 158 Å². The Morgan fingerprint density at radius 2 is 1.81 bits per heavy atom. The minimum absolute atomic E-state index is 0.0489. The Balaban J connectivity index is 1.67. The van der Waals surface area contributed by atoms with Gasteiger partial charge in [0.05, 0.1) is 24.2 Å². The summed E-state index contributed by atoms with van der Waals surface area (Å²) in [5.41, 5.74) is 6.21. The van der Waals surface area contributed by atoms with E-state index in [1.54, 1.807) is 19.1 Å². The highest BCUT2D eigenvalue weighted by Gasteiger charge is 2.42. The molecule has 1 atom stereocenters. The third-order valence-electron chi connectivity index (χ3n) is 4.20. The first-order chi connectivity index (χ1) is 12.7. The van der Waals surface area contributed by atoms with E-state index < -0.39 is 36.9 Å². The molecule has 1 aromatic heterocycles. The Morgan fingerprint density at radius 1 is 1.22 bits per heavy atom. The number of amides is 2. The molecular formula is C17H16ClF2N5O2. The molecule has 3 N–H and O–H groups in total. The Bertz CT molecular complexity index is 874. The van der Waals surface area contributed by atoms with Gasteiger partial charge in [-0.25, -0.2) is 8.78 Å². The number of aromatic nitrogens is 2. The van der Waals surface area contributed by atoms with Crippen LogP contribution < -0.4 is 11.1 Å². The van der Waals surface area contributed by atoms with Crippen molar-refractivity contribution in [3.8, 4) is 0 Å². The summed E-state index contributed by atoms with van der Waals surface area (Å²) in [6.07, 6.45) is 0.